The smallest absolute Gasteiger partial charge is 0.326 e. The number of benzene rings is 1. The zero-order valence-corrected chi connectivity index (χ0v) is 13.5. The molecule has 0 heterocycles. The third kappa shape index (κ3) is 4.52. The average molecular weight is 346 g/mol. The largest absolute Gasteiger partial charge is 0.480 e. The number of hydrogen-bond donors (Lipinski definition) is 2. The van der Waals surface area contributed by atoms with Crippen LogP contribution in [0.15, 0.2) is 18.2 Å². The normalized spacial score (nSPS) is 16.7. The van der Waals surface area contributed by atoms with Crippen molar-refractivity contribution >= 4 is 35.1 Å². The Balaban J connectivity index is 1.95. The summed E-state index contributed by atoms with van der Waals surface area (Å²) in [7, 11) is 0. The third-order valence-electron chi connectivity index (χ3n) is 3.47. The first-order valence-corrected chi connectivity index (χ1v) is 7.78. The Morgan fingerprint density at radius 2 is 2.09 bits per heavy atom. The Hall–Kier alpha value is -1.46. The van der Waals surface area contributed by atoms with Crippen molar-refractivity contribution in [2.24, 2.45) is 5.92 Å². The highest BCUT2D eigenvalue weighted by Gasteiger charge is 2.31. The van der Waals surface area contributed by atoms with E-state index in [1.54, 1.807) is 18.2 Å². The van der Waals surface area contributed by atoms with Gasteiger partial charge in [-0.3, -0.25) is 4.79 Å². The monoisotopic (exact) mass is 345 g/mol. The molecule has 1 aromatic carbocycles. The molecule has 0 bridgehead atoms. The van der Waals surface area contributed by atoms with Crippen LogP contribution in [0.3, 0.4) is 0 Å². The highest BCUT2D eigenvalue weighted by atomic mass is 35.5. The summed E-state index contributed by atoms with van der Waals surface area (Å²) in [6, 6.07) is 3.97. The molecule has 120 valence electrons. The van der Waals surface area contributed by atoms with Crippen molar-refractivity contribution in [3.05, 3.63) is 28.2 Å². The van der Waals surface area contributed by atoms with Crippen molar-refractivity contribution in [3.63, 3.8) is 0 Å². The zero-order chi connectivity index (χ0) is 16.3. The number of ether oxygens (including phenoxy) is 1. The number of rotatable bonds is 7. The van der Waals surface area contributed by atoms with Crippen molar-refractivity contribution in [1.82, 2.24) is 5.32 Å². The van der Waals surface area contributed by atoms with Crippen LogP contribution >= 0.6 is 23.2 Å². The molecule has 0 aromatic heterocycles. The Morgan fingerprint density at radius 3 is 2.68 bits per heavy atom. The maximum absolute atomic E-state index is 12.1. The van der Waals surface area contributed by atoms with E-state index in [4.69, 9.17) is 33.0 Å². The van der Waals surface area contributed by atoms with Gasteiger partial charge in [0.1, 0.15) is 16.8 Å². The first-order chi connectivity index (χ1) is 10.4. The van der Waals surface area contributed by atoms with Crippen LogP contribution in [0.25, 0.3) is 0 Å². The summed E-state index contributed by atoms with van der Waals surface area (Å²) >= 11 is 11.9. The van der Waals surface area contributed by atoms with Gasteiger partial charge in [0, 0.05) is 0 Å². The molecule has 2 atom stereocenters. The Kier molecular flexibility index (Phi) is 5.53. The second-order valence-corrected chi connectivity index (χ2v) is 6.18. The topological polar surface area (TPSA) is 75.6 Å². The van der Waals surface area contributed by atoms with Crippen LogP contribution in [0, 0.1) is 5.92 Å². The standard InChI is InChI=1S/C15H17Cl2NO4/c1-8(22-12-4-2-3-10(16)13(12)17)14(19)18-11(15(20)21)7-9-5-6-9/h2-4,8-9,11H,5-7H2,1H3,(H,18,19)(H,20,21). The van der Waals surface area contributed by atoms with Gasteiger partial charge in [-0.15, -0.1) is 0 Å². The van der Waals surface area contributed by atoms with Crippen molar-refractivity contribution in [2.75, 3.05) is 0 Å². The fourth-order valence-electron chi connectivity index (χ4n) is 2.02. The van der Waals surface area contributed by atoms with E-state index in [2.05, 4.69) is 5.32 Å². The van der Waals surface area contributed by atoms with Crippen LogP contribution < -0.4 is 10.1 Å². The summed E-state index contributed by atoms with van der Waals surface area (Å²) in [5.74, 6) is -0.858. The highest BCUT2D eigenvalue weighted by Crippen LogP contribution is 2.34. The molecule has 1 amide bonds. The molecule has 1 fully saturated rings. The molecule has 7 heteroatoms. The molecule has 2 rings (SSSR count). The molecular weight excluding hydrogens is 329 g/mol. The molecule has 0 saturated heterocycles. The van der Waals surface area contributed by atoms with Crippen molar-refractivity contribution in [2.45, 2.75) is 38.3 Å². The summed E-state index contributed by atoms with van der Waals surface area (Å²) < 4.78 is 5.47. The molecule has 1 aromatic rings. The lowest BCUT2D eigenvalue weighted by Gasteiger charge is -2.19. The molecule has 2 unspecified atom stereocenters. The molecule has 2 N–H and O–H groups in total. The first-order valence-electron chi connectivity index (χ1n) is 7.02. The van der Waals surface area contributed by atoms with Gasteiger partial charge >= 0.3 is 5.97 Å². The molecule has 22 heavy (non-hydrogen) atoms. The third-order valence-corrected chi connectivity index (χ3v) is 4.27. The molecule has 0 spiro atoms. The van der Waals surface area contributed by atoms with Crippen LogP contribution in [0.1, 0.15) is 26.2 Å². The van der Waals surface area contributed by atoms with Crippen molar-refractivity contribution in [1.29, 1.82) is 0 Å². The summed E-state index contributed by atoms with van der Waals surface area (Å²) in [4.78, 5) is 23.3. The van der Waals surface area contributed by atoms with E-state index in [1.807, 2.05) is 0 Å². The van der Waals surface area contributed by atoms with E-state index < -0.39 is 24.0 Å². The van der Waals surface area contributed by atoms with E-state index in [0.29, 0.717) is 17.4 Å². The first kappa shape index (κ1) is 16.9. The van der Waals surface area contributed by atoms with Gasteiger partial charge in [0.2, 0.25) is 0 Å². The number of carbonyl (C=O) groups excluding carboxylic acids is 1. The van der Waals surface area contributed by atoms with Crippen molar-refractivity contribution in [3.8, 4) is 5.75 Å². The fraction of sp³-hybridized carbons (Fsp3) is 0.467. The molecule has 1 saturated carbocycles. The minimum absolute atomic E-state index is 0.219. The predicted octanol–water partition coefficient (Wildman–Crippen LogP) is 3.13. The average Bonchev–Trinajstić information content (AvgIpc) is 3.26. The summed E-state index contributed by atoms with van der Waals surface area (Å²) in [6.07, 6.45) is 1.61. The second-order valence-electron chi connectivity index (χ2n) is 5.39. The molecule has 0 radical (unpaired) electrons. The second kappa shape index (κ2) is 7.20. The Labute approximate surface area is 138 Å². The SMILES string of the molecule is CC(Oc1cccc(Cl)c1Cl)C(=O)NC(CC1CC1)C(=O)O. The van der Waals surface area contributed by atoms with Gasteiger partial charge in [0.25, 0.3) is 5.91 Å². The number of carbonyl (C=O) groups is 2. The lowest BCUT2D eigenvalue weighted by molar-refractivity contribution is -0.143. The van der Waals surface area contributed by atoms with Gasteiger partial charge in [-0.2, -0.15) is 0 Å². The number of halogens is 2. The number of hydrogen-bond acceptors (Lipinski definition) is 3. The number of amides is 1. The minimum atomic E-state index is -1.03. The lowest BCUT2D eigenvalue weighted by atomic mass is 10.1. The molecular formula is C15H17Cl2NO4. The Bertz CT molecular complexity index is 575. The van der Waals surface area contributed by atoms with Crippen LogP contribution in [0.4, 0.5) is 0 Å². The highest BCUT2D eigenvalue weighted by molar-refractivity contribution is 6.42. The van der Waals surface area contributed by atoms with E-state index in [-0.39, 0.29) is 10.8 Å². The molecule has 1 aliphatic carbocycles. The number of nitrogens with one attached hydrogen (secondary N) is 1. The van der Waals surface area contributed by atoms with E-state index in [1.165, 1.54) is 6.92 Å². The van der Waals surface area contributed by atoms with Crippen LogP contribution in [-0.2, 0) is 9.59 Å². The van der Waals surface area contributed by atoms with E-state index in [9.17, 15) is 9.59 Å². The van der Waals surface area contributed by atoms with Gasteiger partial charge in [-0.05, 0) is 31.4 Å². The quantitative estimate of drug-likeness (QED) is 0.795. The number of carboxylic acids is 1. The van der Waals surface area contributed by atoms with E-state index >= 15 is 0 Å². The van der Waals surface area contributed by atoms with Gasteiger partial charge in [0.15, 0.2) is 6.10 Å². The molecule has 1 aliphatic rings. The number of aliphatic carboxylic acids is 1. The minimum Gasteiger partial charge on any atom is -0.480 e. The van der Waals surface area contributed by atoms with Crippen LogP contribution in [0.2, 0.25) is 10.0 Å². The lowest BCUT2D eigenvalue weighted by Crippen LogP contribution is -2.46. The van der Waals surface area contributed by atoms with Gasteiger partial charge < -0.3 is 15.2 Å². The van der Waals surface area contributed by atoms with Crippen molar-refractivity contribution < 1.29 is 19.4 Å². The van der Waals surface area contributed by atoms with Gasteiger partial charge in [0.05, 0.1) is 5.02 Å². The molecule has 0 aliphatic heterocycles. The van der Waals surface area contributed by atoms with Crippen LogP contribution in [-0.4, -0.2) is 29.1 Å². The maximum Gasteiger partial charge on any atom is 0.326 e. The number of carboxylic acid groups (broad SMARTS) is 1. The van der Waals surface area contributed by atoms with Gasteiger partial charge in [-0.1, -0.05) is 42.1 Å². The predicted molar refractivity (Wildman–Crippen MR) is 83.5 cm³/mol. The summed E-state index contributed by atoms with van der Waals surface area (Å²) in [6.45, 7) is 1.53. The van der Waals surface area contributed by atoms with Crippen LogP contribution in [0.5, 0.6) is 5.75 Å². The summed E-state index contributed by atoms with van der Waals surface area (Å²) in [5, 5.41) is 12.2. The zero-order valence-electron chi connectivity index (χ0n) is 12.0. The maximum atomic E-state index is 12.1. The fourth-order valence-corrected chi connectivity index (χ4v) is 2.35. The summed E-state index contributed by atoms with van der Waals surface area (Å²) in [5.41, 5.74) is 0. The molecule has 5 nitrogen and oxygen atoms in total. The Morgan fingerprint density at radius 1 is 1.41 bits per heavy atom. The van der Waals surface area contributed by atoms with Gasteiger partial charge in [-0.25, -0.2) is 4.79 Å². The van der Waals surface area contributed by atoms with E-state index in [0.717, 1.165) is 12.8 Å².